The highest BCUT2D eigenvalue weighted by molar-refractivity contribution is 5.90. The fourth-order valence-corrected chi connectivity index (χ4v) is 3.85. The zero-order valence-electron chi connectivity index (χ0n) is 17.1. The Bertz CT molecular complexity index is 1320. The molecule has 0 aliphatic heterocycles. The second-order valence-corrected chi connectivity index (χ2v) is 7.93. The SMILES string of the molecule is Cc1c(CNc2nn(C)c(=O)c3cc(=O)n(C4(C(F)F)CC4)cc23)cccc1C(F)(F)F. The molecule has 0 atom stereocenters. The monoisotopic (exact) mass is 454 g/mol. The molecule has 0 radical (unpaired) electrons. The molecule has 1 fully saturated rings. The largest absolute Gasteiger partial charge is 0.416 e. The number of benzene rings is 1. The van der Waals surface area contributed by atoms with Crippen molar-refractivity contribution >= 4 is 16.6 Å². The first-order valence-corrected chi connectivity index (χ1v) is 9.77. The summed E-state index contributed by atoms with van der Waals surface area (Å²) in [6.45, 7) is 1.29. The van der Waals surface area contributed by atoms with Gasteiger partial charge in [0.05, 0.1) is 10.9 Å². The van der Waals surface area contributed by atoms with E-state index in [2.05, 4.69) is 10.4 Å². The van der Waals surface area contributed by atoms with Gasteiger partial charge in [0.1, 0.15) is 5.54 Å². The van der Waals surface area contributed by atoms with E-state index in [4.69, 9.17) is 0 Å². The van der Waals surface area contributed by atoms with Gasteiger partial charge in [0, 0.05) is 31.2 Å². The lowest BCUT2D eigenvalue weighted by Crippen LogP contribution is -2.36. The van der Waals surface area contributed by atoms with Crippen LogP contribution in [0.1, 0.15) is 29.5 Å². The molecule has 2 heterocycles. The van der Waals surface area contributed by atoms with Gasteiger partial charge in [0.2, 0.25) is 0 Å². The van der Waals surface area contributed by atoms with Crippen molar-refractivity contribution in [2.75, 3.05) is 5.32 Å². The van der Waals surface area contributed by atoms with Crippen LogP contribution in [0.25, 0.3) is 10.8 Å². The van der Waals surface area contributed by atoms with Crippen LogP contribution in [0, 0.1) is 6.92 Å². The smallest absolute Gasteiger partial charge is 0.364 e. The maximum absolute atomic E-state index is 13.6. The number of fused-ring (bicyclic) bond motifs is 1. The second-order valence-electron chi connectivity index (χ2n) is 7.93. The van der Waals surface area contributed by atoms with Crippen LogP contribution >= 0.6 is 0 Å². The molecule has 1 aliphatic carbocycles. The van der Waals surface area contributed by atoms with E-state index in [1.807, 2.05) is 0 Å². The fraction of sp³-hybridized carbons (Fsp3) is 0.381. The third-order valence-corrected chi connectivity index (χ3v) is 5.93. The number of rotatable bonds is 5. The maximum Gasteiger partial charge on any atom is 0.416 e. The van der Waals surface area contributed by atoms with Gasteiger partial charge < -0.3 is 9.88 Å². The minimum atomic E-state index is -4.51. The van der Waals surface area contributed by atoms with Crippen molar-refractivity contribution in [2.45, 2.75) is 44.5 Å². The molecule has 1 aromatic carbocycles. The lowest BCUT2D eigenvalue weighted by Gasteiger charge is -2.19. The molecular weight excluding hydrogens is 435 g/mol. The Morgan fingerprint density at radius 2 is 1.88 bits per heavy atom. The van der Waals surface area contributed by atoms with Crippen molar-refractivity contribution in [3.63, 3.8) is 0 Å². The van der Waals surface area contributed by atoms with Crippen molar-refractivity contribution in [3.05, 3.63) is 67.9 Å². The lowest BCUT2D eigenvalue weighted by molar-refractivity contribution is -0.138. The Hall–Kier alpha value is -3.24. The van der Waals surface area contributed by atoms with E-state index < -0.39 is 34.8 Å². The lowest BCUT2D eigenvalue weighted by atomic mass is 10.0. The third-order valence-electron chi connectivity index (χ3n) is 5.93. The van der Waals surface area contributed by atoms with Crippen molar-refractivity contribution in [1.29, 1.82) is 0 Å². The molecule has 6 nitrogen and oxygen atoms in total. The Labute approximate surface area is 178 Å². The van der Waals surface area contributed by atoms with Crippen molar-refractivity contribution in [1.82, 2.24) is 14.3 Å². The number of halogens is 5. The fourth-order valence-electron chi connectivity index (χ4n) is 3.85. The van der Waals surface area contributed by atoms with Crippen LogP contribution in [-0.4, -0.2) is 20.8 Å². The summed E-state index contributed by atoms with van der Waals surface area (Å²) in [7, 11) is 1.36. The zero-order valence-corrected chi connectivity index (χ0v) is 17.1. The van der Waals surface area contributed by atoms with Gasteiger partial charge in [-0.15, -0.1) is 0 Å². The van der Waals surface area contributed by atoms with Crippen LogP contribution in [-0.2, 0) is 25.3 Å². The van der Waals surface area contributed by atoms with Crippen molar-refractivity contribution < 1.29 is 22.0 Å². The van der Waals surface area contributed by atoms with E-state index in [1.165, 1.54) is 32.3 Å². The number of nitrogens with zero attached hydrogens (tertiary/aromatic N) is 3. The summed E-state index contributed by atoms with van der Waals surface area (Å²) in [4.78, 5) is 25.0. The number of alkyl halides is 5. The average Bonchev–Trinajstić information content (AvgIpc) is 3.51. The molecule has 170 valence electrons. The van der Waals surface area contributed by atoms with Crippen LogP contribution in [0.2, 0.25) is 0 Å². The van der Waals surface area contributed by atoms with Gasteiger partial charge in [0.25, 0.3) is 17.5 Å². The molecular formula is C21H19F5N4O2. The van der Waals surface area contributed by atoms with Gasteiger partial charge in [-0.2, -0.15) is 18.3 Å². The minimum absolute atomic E-state index is 0.0166. The van der Waals surface area contributed by atoms with Crippen LogP contribution in [0.5, 0.6) is 0 Å². The highest BCUT2D eigenvalue weighted by Crippen LogP contribution is 2.48. The molecule has 1 aliphatic rings. The Kier molecular flexibility index (Phi) is 5.09. The van der Waals surface area contributed by atoms with E-state index in [0.29, 0.717) is 5.56 Å². The summed E-state index contributed by atoms with van der Waals surface area (Å²) in [6.07, 6.45) is -5.83. The molecule has 4 rings (SSSR count). The van der Waals surface area contributed by atoms with E-state index >= 15 is 0 Å². The summed E-state index contributed by atoms with van der Waals surface area (Å²) in [5.74, 6) is 0.0951. The topological polar surface area (TPSA) is 68.9 Å². The maximum atomic E-state index is 13.6. The number of anilines is 1. The summed E-state index contributed by atoms with van der Waals surface area (Å²) < 4.78 is 68.7. The predicted octanol–water partition coefficient (Wildman–Crippen LogP) is 3.79. The molecule has 0 amide bonds. The zero-order chi connectivity index (χ0) is 23.4. The van der Waals surface area contributed by atoms with Gasteiger partial charge in [-0.05, 0) is 37.0 Å². The van der Waals surface area contributed by atoms with Gasteiger partial charge in [-0.25, -0.2) is 13.5 Å². The van der Waals surface area contributed by atoms with Crippen LogP contribution in [0.3, 0.4) is 0 Å². The molecule has 1 N–H and O–H groups in total. The first-order valence-electron chi connectivity index (χ1n) is 9.77. The number of aryl methyl sites for hydroxylation is 1. The summed E-state index contributed by atoms with van der Waals surface area (Å²) in [6, 6.07) is 4.79. The van der Waals surface area contributed by atoms with E-state index in [1.54, 1.807) is 0 Å². The van der Waals surface area contributed by atoms with Crippen LogP contribution in [0.4, 0.5) is 27.8 Å². The van der Waals surface area contributed by atoms with Crippen LogP contribution in [0.15, 0.2) is 40.1 Å². The molecule has 2 aromatic heterocycles. The third kappa shape index (κ3) is 3.55. The number of aromatic nitrogens is 3. The van der Waals surface area contributed by atoms with Gasteiger partial charge in [-0.3, -0.25) is 9.59 Å². The number of hydrogen-bond acceptors (Lipinski definition) is 4. The molecule has 1 saturated carbocycles. The van der Waals surface area contributed by atoms with E-state index in [-0.39, 0.29) is 41.5 Å². The molecule has 0 spiro atoms. The number of pyridine rings is 1. The predicted molar refractivity (Wildman–Crippen MR) is 108 cm³/mol. The Balaban J connectivity index is 1.79. The number of nitrogens with one attached hydrogen (secondary N) is 1. The highest BCUT2D eigenvalue weighted by Gasteiger charge is 2.53. The summed E-state index contributed by atoms with van der Waals surface area (Å²) in [5.41, 5.74) is -3.31. The van der Waals surface area contributed by atoms with Crippen molar-refractivity contribution in [2.24, 2.45) is 7.05 Å². The van der Waals surface area contributed by atoms with Crippen molar-refractivity contribution in [3.8, 4) is 0 Å². The summed E-state index contributed by atoms with van der Waals surface area (Å²) in [5, 5.41) is 7.13. The molecule has 0 unspecified atom stereocenters. The molecule has 3 aromatic rings. The minimum Gasteiger partial charge on any atom is -0.364 e. The quantitative estimate of drug-likeness (QED) is 0.596. The highest BCUT2D eigenvalue weighted by atomic mass is 19.4. The standard InChI is InChI=1S/C21H19F5N4O2/c1-11-12(4-3-5-15(11)21(24,25)26)9-27-17-14-10-30(20(6-7-20)19(22)23)16(31)8-13(14)18(32)29(2)28-17/h3-5,8,10,19H,6-7,9H2,1-2H3,(H,27,28). The van der Waals surface area contributed by atoms with Gasteiger partial charge >= 0.3 is 6.18 Å². The molecule has 11 heteroatoms. The number of hydrogen-bond donors (Lipinski definition) is 1. The first-order chi connectivity index (χ1) is 15.0. The average molecular weight is 454 g/mol. The van der Waals surface area contributed by atoms with E-state index in [0.717, 1.165) is 21.4 Å². The normalized spacial score (nSPS) is 15.4. The van der Waals surface area contributed by atoms with Gasteiger partial charge in [-0.1, -0.05) is 12.1 Å². The summed E-state index contributed by atoms with van der Waals surface area (Å²) >= 11 is 0. The Morgan fingerprint density at radius 1 is 1.19 bits per heavy atom. The first kappa shape index (κ1) is 22.0. The van der Waals surface area contributed by atoms with Crippen LogP contribution < -0.4 is 16.4 Å². The molecule has 0 saturated heterocycles. The van der Waals surface area contributed by atoms with Gasteiger partial charge in [0.15, 0.2) is 5.82 Å². The second kappa shape index (κ2) is 7.42. The van der Waals surface area contributed by atoms with E-state index in [9.17, 15) is 31.5 Å². The Morgan fingerprint density at radius 3 is 2.47 bits per heavy atom. The molecule has 32 heavy (non-hydrogen) atoms. The molecule has 0 bridgehead atoms.